The maximum atomic E-state index is 12.6. The van der Waals surface area contributed by atoms with E-state index in [1.165, 1.54) is 29.7 Å². The number of Topliss-reactive ketones (excluding diaryl/α,β-unsaturated/α-hetero) is 1. The molecule has 0 saturated carbocycles. The molecule has 10 heteroatoms. The summed E-state index contributed by atoms with van der Waals surface area (Å²) >= 11 is 0. The van der Waals surface area contributed by atoms with Gasteiger partial charge in [0.05, 0.1) is 29.1 Å². The Kier molecular flexibility index (Phi) is 3.94. The van der Waals surface area contributed by atoms with Gasteiger partial charge >= 0.3 is 12.1 Å². The molecular formula is C15H11F3N4O3. The van der Waals surface area contributed by atoms with Gasteiger partial charge in [-0.3, -0.25) is 4.79 Å². The molecule has 1 aliphatic heterocycles. The highest BCUT2D eigenvalue weighted by molar-refractivity contribution is 6.00. The van der Waals surface area contributed by atoms with Crippen LogP contribution in [0.2, 0.25) is 0 Å². The fourth-order valence-electron chi connectivity index (χ4n) is 3.03. The third-order valence-corrected chi connectivity index (χ3v) is 4.24. The number of carbonyl (C=O) groups is 2. The van der Waals surface area contributed by atoms with Crippen molar-refractivity contribution < 1.29 is 27.5 Å². The Bertz CT molecular complexity index is 787. The highest BCUT2D eigenvalue weighted by Gasteiger charge is 2.58. The Hall–Kier alpha value is -2.96. The molecule has 1 fully saturated rings. The molecule has 1 aromatic rings. The smallest absolute Gasteiger partial charge is 0.434 e. The number of rotatable bonds is 2. The molecule has 0 amide bonds. The quantitative estimate of drug-likeness (QED) is 0.745. The molecule has 0 radical (unpaired) electrons. The van der Waals surface area contributed by atoms with Gasteiger partial charge in [0.1, 0.15) is 12.4 Å². The zero-order valence-electron chi connectivity index (χ0n) is 12.7. The van der Waals surface area contributed by atoms with Crippen LogP contribution in [0.25, 0.3) is 0 Å². The lowest BCUT2D eigenvalue weighted by molar-refractivity contribution is -0.214. The minimum Gasteiger partial charge on any atom is -0.434 e. The second kappa shape index (κ2) is 5.84. The van der Waals surface area contributed by atoms with Gasteiger partial charge in [0.25, 0.3) is 0 Å². The van der Waals surface area contributed by atoms with Crippen LogP contribution in [0, 0.1) is 16.7 Å². The van der Waals surface area contributed by atoms with Crippen LogP contribution in [0.5, 0.6) is 0 Å². The van der Waals surface area contributed by atoms with E-state index in [9.17, 15) is 22.8 Å². The molecule has 2 atom stereocenters. The van der Waals surface area contributed by atoms with Gasteiger partial charge in [0.15, 0.2) is 12.0 Å². The number of ketones is 1. The summed E-state index contributed by atoms with van der Waals surface area (Å²) in [6, 6.07) is 1.74. The predicted octanol–water partition coefficient (Wildman–Crippen LogP) is 1.53. The SMILES string of the molecule is N#CC1=CC2(CCC1=O)CN(c1cncnc1)C2OC(=O)C(F)(F)F. The molecule has 130 valence electrons. The first-order valence-electron chi connectivity index (χ1n) is 7.22. The van der Waals surface area contributed by atoms with Crippen molar-refractivity contribution in [2.75, 3.05) is 11.4 Å². The highest BCUT2D eigenvalue weighted by Crippen LogP contribution is 2.49. The summed E-state index contributed by atoms with van der Waals surface area (Å²) in [6.45, 7) is 0.175. The molecule has 1 aromatic heterocycles. The van der Waals surface area contributed by atoms with Crippen molar-refractivity contribution in [1.82, 2.24) is 9.97 Å². The molecule has 0 N–H and O–H groups in total. The van der Waals surface area contributed by atoms with Crippen molar-refractivity contribution in [3.63, 3.8) is 0 Å². The lowest BCUT2D eigenvalue weighted by atomic mass is 9.68. The van der Waals surface area contributed by atoms with Crippen LogP contribution >= 0.6 is 0 Å². The van der Waals surface area contributed by atoms with Crippen molar-refractivity contribution in [1.29, 1.82) is 5.26 Å². The largest absolute Gasteiger partial charge is 0.491 e. The number of allylic oxidation sites excluding steroid dienone is 1. The van der Waals surface area contributed by atoms with Crippen LogP contribution in [0.15, 0.2) is 30.4 Å². The zero-order chi connectivity index (χ0) is 18.2. The summed E-state index contributed by atoms with van der Waals surface area (Å²) in [5, 5.41) is 9.03. The van der Waals surface area contributed by atoms with Crippen molar-refractivity contribution in [2.24, 2.45) is 5.41 Å². The minimum absolute atomic E-state index is 0.00140. The van der Waals surface area contributed by atoms with Gasteiger partial charge in [-0.05, 0) is 12.5 Å². The molecule has 25 heavy (non-hydrogen) atoms. The minimum atomic E-state index is -5.15. The zero-order valence-corrected chi connectivity index (χ0v) is 12.7. The van der Waals surface area contributed by atoms with Crippen molar-refractivity contribution >= 4 is 17.4 Å². The van der Waals surface area contributed by atoms with E-state index in [1.54, 1.807) is 6.07 Å². The van der Waals surface area contributed by atoms with E-state index in [0.29, 0.717) is 5.69 Å². The van der Waals surface area contributed by atoms with Gasteiger partial charge in [0, 0.05) is 13.0 Å². The maximum Gasteiger partial charge on any atom is 0.491 e. The molecule has 2 unspecified atom stereocenters. The first-order chi connectivity index (χ1) is 11.8. The van der Waals surface area contributed by atoms with E-state index in [-0.39, 0.29) is 30.7 Å². The van der Waals surface area contributed by atoms with E-state index in [1.807, 2.05) is 0 Å². The van der Waals surface area contributed by atoms with Gasteiger partial charge in [-0.25, -0.2) is 14.8 Å². The number of nitriles is 1. The van der Waals surface area contributed by atoms with Crippen molar-refractivity contribution in [3.8, 4) is 6.07 Å². The number of anilines is 1. The Balaban J connectivity index is 1.95. The monoisotopic (exact) mass is 352 g/mol. The molecule has 2 heterocycles. The topological polar surface area (TPSA) is 96.2 Å². The molecular weight excluding hydrogens is 341 g/mol. The fourth-order valence-corrected chi connectivity index (χ4v) is 3.03. The highest BCUT2D eigenvalue weighted by atomic mass is 19.4. The third-order valence-electron chi connectivity index (χ3n) is 4.24. The number of alkyl halides is 3. The molecule has 0 aromatic carbocycles. The van der Waals surface area contributed by atoms with Gasteiger partial charge in [-0.15, -0.1) is 0 Å². The second-order valence-electron chi connectivity index (χ2n) is 5.81. The number of hydrogen-bond acceptors (Lipinski definition) is 7. The predicted molar refractivity (Wildman–Crippen MR) is 75.7 cm³/mol. The van der Waals surface area contributed by atoms with E-state index in [4.69, 9.17) is 5.26 Å². The van der Waals surface area contributed by atoms with E-state index in [2.05, 4.69) is 14.7 Å². The standard InChI is InChI=1S/C15H11F3N4O3/c16-15(17,18)13(24)25-12-14(2-1-11(23)9(3-14)4-19)7-22(12)10-5-20-8-21-6-10/h3,5-6,8,12H,1-2,7H2. The first kappa shape index (κ1) is 16.9. The normalized spacial score (nSPS) is 25.8. The average molecular weight is 352 g/mol. The molecule has 1 spiro atoms. The van der Waals surface area contributed by atoms with E-state index in [0.717, 1.165) is 0 Å². The lowest BCUT2D eigenvalue weighted by Gasteiger charge is -2.56. The van der Waals surface area contributed by atoms with Crippen LogP contribution in [0.3, 0.4) is 0 Å². The summed E-state index contributed by atoms with van der Waals surface area (Å²) in [7, 11) is 0. The lowest BCUT2D eigenvalue weighted by Crippen LogP contribution is -2.67. The Morgan fingerprint density at radius 3 is 2.68 bits per heavy atom. The molecule has 0 bridgehead atoms. The summed E-state index contributed by atoms with van der Waals surface area (Å²) in [4.78, 5) is 32.0. The van der Waals surface area contributed by atoms with Crippen LogP contribution in [0.4, 0.5) is 18.9 Å². The molecule has 7 nitrogen and oxygen atoms in total. The van der Waals surface area contributed by atoms with Gasteiger partial charge in [-0.2, -0.15) is 18.4 Å². The fraction of sp³-hybridized carbons (Fsp3) is 0.400. The van der Waals surface area contributed by atoms with E-state index < -0.39 is 23.8 Å². The summed E-state index contributed by atoms with van der Waals surface area (Å²) in [5.41, 5.74) is -0.796. The van der Waals surface area contributed by atoms with Crippen molar-refractivity contribution in [2.45, 2.75) is 25.2 Å². The van der Waals surface area contributed by atoms with Gasteiger partial charge < -0.3 is 9.64 Å². The number of carbonyl (C=O) groups excluding carboxylic acids is 2. The summed E-state index contributed by atoms with van der Waals surface area (Å²) in [5.74, 6) is -2.71. The number of ether oxygens (including phenoxy) is 1. The third kappa shape index (κ3) is 2.93. The molecule has 1 saturated heterocycles. The number of nitrogens with zero attached hydrogens (tertiary/aromatic N) is 4. The Morgan fingerprint density at radius 2 is 2.08 bits per heavy atom. The Labute approximate surface area is 139 Å². The summed E-state index contributed by atoms with van der Waals surface area (Å²) < 4.78 is 42.5. The number of halogens is 3. The molecule has 3 rings (SSSR count). The number of aromatic nitrogens is 2. The number of hydrogen-bond donors (Lipinski definition) is 0. The van der Waals surface area contributed by atoms with E-state index >= 15 is 0 Å². The van der Waals surface area contributed by atoms with Crippen LogP contribution in [0.1, 0.15) is 12.8 Å². The van der Waals surface area contributed by atoms with Gasteiger partial charge in [-0.1, -0.05) is 0 Å². The van der Waals surface area contributed by atoms with Crippen molar-refractivity contribution in [3.05, 3.63) is 30.4 Å². The Morgan fingerprint density at radius 1 is 1.40 bits per heavy atom. The molecule has 2 aliphatic rings. The van der Waals surface area contributed by atoms with Crippen LogP contribution < -0.4 is 4.90 Å². The van der Waals surface area contributed by atoms with Crippen LogP contribution in [-0.2, 0) is 14.3 Å². The second-order valence-corrected chi connectivity index (χ2v) is 5.81. The summed E-state index contributed by atoms with van der Waals surface area (Å²) in [6.07, 6.45) is -0.966. The first-order valence-corrected chi connectivity index (χ1v) is 7.22. The number of esters is 1. The van der Waals surface area contributed by atoms with Gasteiger partial charge in [0.2, 0.25) is 0 Å². The maximum absolute atomic E-state index is 12.6. The molecule has 1 aliphatic carbocycles. The average Bonchev–Trinajstić information content (AvgIpc) is 2.58. The van der Waals surface area contributed by atoms with Crippen LogP contribution in [-0.4, -0.2) is 40.7 Å².